The second-order valence-corrected chi connectivity index (χ2v) is 4.39. The van der Waals surface area contributed by atoms with Gasteiger partial charge in [-0.3, -0.25) is 5.73 Å². The van der Waals surface area contributed by atoms with Crippen molar-refractivity contribution in [1.82, 2.24) is 4.98 Å². The third-order valence-electron chi connectivity index (χ3n) is 2.00. The van der Waals surface area contributed by atoms with Gasteiger partial charge in [-0.2, -0.15) is 0 Å². The van der Waals surface area contributed by atoms with E-state index in [-0.39, 0.29) is 0 Å². The molecule has 0 aliphatic heterocycles. The summed E-state index contributed by atoms with van der Waals surface area (Å²) in [5, 5.41) is 0. The molecular weight excluding hydrogens is 194 g/mol. The van der Waals surface area contributed by atoms with Crippen LogP contribution in [0.25, 0.3) is 11.0 Å². The molecule has 0 unspecified atom stereocenters. The van der Waals surface area contributed by atoms with E-state index < -0.39 is 0 Å². The Balaban J connectivity index is 2.31. The van der Waals surface area contributed by atoms with Crippen molar-refractivity contribution in [3.8, 4) is 0 Å². The van der Waals surface area contributed by atoms with Gasteiger partial charge in [-0.05, 0) is 30.4 Å². The zero-order chi connectivity index (χ0) is 9.97. The van der Waals surface area contributed by atoms with E-state index in [0.717, 1.165) is 16.8 Å². The minimum Gasteiger partial charge on any atom is -0.290 e. The number of fused-ring (bicyclic) bond motifs is 1. The van der Waals surface area contributed by atoms with Crippen molar-refractivity contribution in [1.29, 1.82) is 0 Å². The van der Waals surface area contributed by atoms with Crippen molar-refractivity contribution in [2.24, 2.45) is 0 Å². The van der Waals surface area contributed by atoms with Crippen molar-refractivity contribution in [3.05, 3.63) is 18.2 Å². The smallest absolute Gasteiger partial charge is 0.290 e. The predicted molar refractivity (Wildman–Crippen MR) is 60.3 cm³/mol. The molecule has 1 aromatic heterocycles. The molecule has 3 nitrogen and oxygen atoms in total. The average molecular weight is 208 g/mol. The number of benzene rings is 1. The van der Waals surface area contributed by atoms with Crippen LogP contribution in [0, 0.1) is 0 Å². The predicted octanol–water partition coefficient (Wildman–Crippen LogP) is 2.07. The zero-order valence-electron chi connectivity index (χ0n) is 8.13. The van der Waals surface area contributed by atoms with Crippen molar-refractivity contribution in [3.63, 3.8) is 0 Å². The Bertz CT molecular complexity index is 436. The molecule has 2 aromatic rings. The van der Waals surface area contributed by atoms with Crippen LogP contribution in [0.2, 0.25) is 0 Å². The zero-order valence-corrected chi connectivity index (χ0v) is 8.95. The first-order valence-corrected chi connectivity index (χ1v) is 5.71. The summed E-state index contributed by atoms with van der Waals surface area (Å²) in [6, 6.07) is 6.30. The summed E-state index contributed by atoms with van der Waals surface area (Å²) in [6.07, 6.45) is 1.20. The summed E-state index contributed by atoms with van der Waals surface area (Å²) in [4.78, 5) is 7.43. The van der Waals surface area contributed by atoms with Crippen LogP contribution >= 0.6 is 11.8 Å². The molecule has 0 bridgehead atoms. The Kier molecular flexibility index (Phi) is 2.63. The average Bonchev–Trinajstić information content (AvgIpc) is 2.54. The maximum Gasteiger partial charge on any atom is 0.351 e. The van der Waals surface area contributed by atoms with Gasteiger partial charge in [-0.25, -0.2) is 9.97 Å². The van der Waals surface area contributed by atoms with E-state index >= 15 is 0 Å². The molecule has 74 valence electrons. The van der Waals surface area contributed by atoms with Gasteiger partial charge in [0.1, 0.15) is 11.0 Å². The number of H-pyrrole nitrogens is 2. The van der Waals surface area contributed by atoms with Crippen molar-refractivity contribution < 1.29 is 4.98 Å². The van der Waals surface area contributed by atoms with Crippen molar-refractivity contribution in [2.75, 3.05) is 11.5 Å². The molecule has 0 fully saturated rings. The first kappa shape index (κ1) is 9.40. The second-order valence-electron chi connectivity index (χ2n) is 3.22. The number of thioether (sulfide) groups is 1. The molecular formula is C10H14N3S+. The summed E-state index contributed by atoms with van der Waals surface area (Å²) in [5.74, 6) is 1.77. The molecule has 0 spiro atoms. The molecule has 0 amide bonds. The van der Waals surface area contributed by atoms with E-state index in [0.29, 0.717) is 5.95 Å². The SMILES string of the molecule is CCCSc1ccc2[nH+]c(N)[nH]c2c1. The van der Waals surface area contributed by atoms with Gasteiger partial charge >= 0.3 is 5.95 Å². The lowest BCUT2D eigenvalue weighted by Gasteiger charge is -1.97. The van der Waals surface area contributed by atoms with Gasteiger partial charge in [0.2, 0.25) is 0 Å². The maximum atomic E-state index is 5.62. The quantitative estimate of drug-likeness (QED) is 0.759. The number of hydrogen-bond donors (Lipinski definition) is 2. The van der Waals surface area contributed by atoms with Gasteiger partial charge in [-0.1, -0.05) is 6.92 Å². The normalized spacial score (nSPS) is 10.9. The third-order valence-corrected chi connectivity index (χ3v) is 3.20. The van der Waals surface area contributed by atoms with E-state index in [1.807, 2.05) is 11.8 Å². The van der Waals surface area contributed by atoms with Crippen LogP contribution in [-0.2, 0) is 0 Å². The van der Waals surface area contributed by atoms with E-state index in [1.54, 1.807) is 0 Å². The summed E-state index contributed by atoms with van der Waals surface area (Å²) < 4.78 is 0. The van der Waals surface area contributed by atoms with Crippen LogP contribution < -0.4 is 10.7 Å². The maximum absolute atomic E-state index is 5.62. The van der Waals surface area contributed by atoms with Crippen LogP contribution in [0.1, 0.15) is 13.3 Å². The van der Waals surface area contributed by atoms with Gasteiger partial charge in [-0.15, -0.1) is 11.8 Å². The number of imidazole rings is 1. The first-order chi connectivity index (χ1) is 6.79. The van der Waals surface area contributed by atoms with E-state index in [9.17, 15) is 0 Å². The van der Waals surface area contributed by atoms with E-state index in [1.165, 1.54) is 11.3 Å². The number of nitrogens with one attached hydrogen (secondary N) is 2. The summed E-state index contributed by atoms with van der Waals surface area (Å²) in [7, 11) is 0. The van der Waals surface area contributed by atoms with Crippen LogP contribution in [0.4, 0.5) is 5.95 Å². The Hall–Kier alpha value is -1.16. The standard InChI is InChI=1S/C10H13N3S/c1-2-5-14-7-3-4-8-9(6-7)13-10(11)12-8/h3-4,6H,2,5H2,1H3,(H3,11,12,13)/p+1. The molecule has 4 heteroatoms. The topological polar surface area (TPSA) is 55.9 Å². The van der Waals surface area contributed by atoms with E-state index in [2.05, 4.69) is 35.1 Å². The van der Waals surface area contributed by atoms with Gasteiger partial charge in [0.25, 0.3) is 0 Å². The van der Waals surface area contributed by atoms with Crippen molar-refractivity contribution >= 4 is 28.7 Å². The van der Waals surface area contributed by atoms with Crippen LogP contribution in [0.5, 0.6) is 0 Å². The highest BCUT2D eigenvalue weighted by Gasteiger charge is 2.05. The Morgan fingerprint density at radius 3 is 3.14 bits per heavy atom. The lowest BCUT2D eigenvalue weighted by Crippen LogP contribution is -2.05. The number of anilines is 1. The number of aromatic amines is 2. The number of hydrogen-bond acceptors (Lipinski definition) is 2. The Morgan fingerprint density at radius 2 is 2.36 bits per heavy atom. The highest BCUT2D eigenvalue weighted by Crippen LogP contribution is 2.21. The monoisotopic (exact) mass is 208 g/mol. The molecule has 0 atom stereocenters. The Morgan fingerprint density at radius 1 is 1.50 bits per heavy atom. The largest absolute Gasteiger partial charge is 0.351 e. The van der Waals surface area contributed by atoms with Crippen LogP contribution in [0.3, 0.4) is 0 Å². The molecule has 0 aliphatic carbocycles. The molecule has 1 heterocycles. The third kappa shape index (κ3) is 1.85. The number of aromatic nitrogens is 2. The van der Waals surface area contributed by atoms with Crippen molar-refractivity contribution in [2.45, 2.75) is 18.2 Å². The summed E-state index contributed by atoms with van der Waals surface area (Å²) >= 11 is 1.87. The summed E-state index contributed by atoms with van der Waals surface area (Å²) in [6.45, 7) is 2.19. The fraction of sp³-hybridized carbons (Fsp3) is 0.300. The number of nitrogens with two attached hydrogens (primary N) is 1. The molecule has 0 radical (unpaired) electrons. The highest BCUT2D eigenvalue weighted by molar-refractivity contribution is 7.99. The molecule has 0 aliphatic rings. The van der Waals surface area contributed by atoms with Gasteiger partial charge in [0.05, 0.1) is 0 Å². The minimum atomic E-state index is 0.609. The fourth-order valence-corrected chi connectivity index (χ4v) is 2.17. The highest BCUT2D eigenvalue weighted by atomic mass is 32.2. The molecule has 0 saturated carbocycles. The lowest BCUT2D eigenvalue weighted by atomic mass is 10.3. The minimum absolute atomic E-state index is 0.609. The molecule has 14 heavy (non-hydrogen) atoms. The lowest BCUT2D eigenvalue weighted by molar-refractivity contribution is -0.325. The van der Waals surface area contributed by atoms with Crippen LogP contribution in [-0.4, -0.2) is 10.7 Å². The Labute approximate surface area is 87.1 Å². The molecule has 4 N–H and O–H groups in total. The fourth-order valence-electron chi connectivity index (χ4n) is 1.37. The van der Waals surface area contributed by atoms with Crippen LogP contribution in [0.15, 0.2) is 23.1 Å². The first-order valence-electron chi connectivity index (χ1n) is 4.73. The number of nitrogen functional groups attached to an aromatic ring is 1. The van der Waals surface area contributed by atoms with E-state index in [4.69, 9.17) is 5.73 Å². The summed E-state index contributed by atoms with van der Waals surface area (Å²) in [5.41, 5.74) is 7.75. The number of rotatable bonds is 3. The molecule has 0 saturated heterocycles. The van der Waals surface area contributed by atoms with Gasteiger partial charge in [0.15, 0.2) is 0 Å². The molecule has 2 rings (SSSR count). The van der Waals surface area contributed by atoms with Gasteiger partial charge in [0, 0.05) is 4.90 Å². The molecule has 1 aromatic carbocycles. The van der Waals surface area contributed by atoms with Gasteiger partial charge < -0.3 is 0 Å². The second kappa shape index (κ2) is 3.92.